The van der Waals surface area contributed by atoms with Crippen LogP contribution in [-0.4, -0.2) is 51.4 Å². The maximum atomic E-state index is 12.5. The minimum atomic E-state index is -0.0316. The fourth-order valence-corrected chi connectivity index (χ4v) is 8.29. The van der Waals surface area contributed by atoms with Crippen LogP contribution >= 0.6 is 0 Å². The molecule has 2 aromatic carbocycles. The largest absolute Gasteiger partial charge is 0.493 e. The molecule has 2 aliphatic carbocycles. The first-order valence-corrected chi connectivity index (χ1v) is 20.7. The van der Waals surface area contributed by atoms with Crippen LogP contribution in [0.1, 0.15) is 78.3 Å². The number of H-pyrrole nitrogens is 2. The van der Waals surface area contributed by atoms with E-state index in [0.29, 0.717) is 35.0 Å². The van der Waals surface area contributed by atoms with E-state index in [9.17, 15) is 9.59 Å². The Morgan fingerprint density at radius 3 is 1.55 bits per heavy atom. The summed E-state index contributed by atoms with van der Waals surface area (Å²) in [4.78, 5) is 40.4. The Labute approximate surface area is 336 Å². The van der Waals surface area contributed by atoms with Crippen molar-refractivity contribution in [2.45, 2.75) is 78.3 Å². The standard InChI is InChI=1S/2C23H26N4O2/c1-14(2)27-13-25-19-10-21(29-12-15-5-4-6-15)17(9-20(19)27)18-11-26(3)23(28)22-16(18)7-8-24-22;1-14(2)27-13-25-19-9-17(21(10-20(19)27)29-12-15-5-4-6-15)18-11-26(3)23(28)22-16(18)7-8-24-22/h2*7-11,13-15,24H,4-6,12H2,1-3H3. The first kappa shape index (κ1) is 37.5. The summed E-state index contributed by atoms with van der Waals surface area (Å²) in [5, 5.41) is 1.82. The van der Waals surface area contributed by atoms with Gasteiger partial charge in [-0.15, -0.1) is 0 Å². The number of pyridine rings is 2. The van der Waals surface area contributed by atoms with Crippen molar-refractivity contribution in [2.24, 2.45) is 25.9 Å². The quantitative estimate of drug-likeness (QED) is 0.142. The highest BCUT2D eigenvalue weighted by atomic mass is 16.5. The van der Waals surface area contributed by atoms with E-state index in [4.69, 9.17) is 9.47 Å². The molecule has 300 valence electrons. The highest BCUT2D eigenvalue weighted by Gasteiger charge is 2.23. The van der Waals surface area contributed by atoms with Crippen molar-refractivity contribution in [3.63, 3.8) is 0 Å². The van der Waals surface area contributed by atoms with Crippen molar-refractivity contribution in [3.8, 4) is 33.8 Å². The maximum Gasteiger partial charge on any atom is 0.274 e. The number of ether oxygens (including phenoxy) is 2. The monoisotopic (exact) mass is 780 g/mol. The smallest absolute Gasteiger partial charge is 0.274 e. The number of fused-ring (bicyclic) bond motifs is 4. The minimum absolute atomic E-state index is 0.0287. The van der Waals surface area contributed by atoms with Crippen LogP contribution in [0.5, 0.6) is 11.5 Å². The number of nitrogens with zero attached hydrogens (tertiary/aromatic N) is 6. The first-order valence-electron chi connectivity index (χ1n) is 20.7. The fraction of sp³-hybridized carbons (Fsp3) is 0.391. The van der Waals surface area contributed by atoms with Crippen LogP contribution in [0.4, 0.5) is 0 Å². The van der Waals surface area contributed by atoms with Gasteiger partial charge >= 0.3 is 0 Å². The molecule has 0 radical (unpaired) electrons. The Bertz CT molecular complexity index is 2910. The zero-order valence-corrected chi connectivity index (χ0v) is 34.2. The van der Waals surface area contributed by atoms with Crippen LogP contribution in [0.3, 0.4) is 0 Å². The molecule has 2 aliphatic rings. The third kappa shape index (κ3) is 6.67. The van der Waals surface area contributed by atoms with Crippen molar-refractivity contribution in [2.75, 3.05) is 13.2 Å². The van der Waals surface area contributed by atoms with Crippen molar-refractivity contribution in [1.29, 1.82) is 0 Å². The number of hydrogen-bond acceptors (Lipinski definition) is 6. The van der Waals surface area contributed by atoms with Gasteiger partial charge < -0.3 is 37.7 Å². The van der Waals surface area contributed by atoms with Crippen LogP contribution in [0.2, 0.25) is 0 Å². The summed E-state index contributed by atoms with van der Waals surface area (Å²) in [6, 6.07) is 13.0. The van der Waals surface area contributed by atoms with E-state index in [1.165, 1.54) is 38.5 Å². The topological polar surface area (TPSA) is 130 Å². The third-order valence-corrected chi connectivity index (χ3v) is 12.2. The molecule has 0 amide bonds. The molecule has 0 spiro atoms. The molecule has 0 atom stereocenters. The number of nitrogens with one attached hydrogen (secondary N) is 2. The van der Waals surface area contributed by atoms with Gasteiger partial charge in [-0.2, -0.15) is 0 Å². The van der Waals surface area contributed by atoms with Crippen LogP contribution in [0.15, 0.2) is 83.4 Å². The fourth-order valence-electron chi connectivity index (χ4n) is 8.29. The lowest BCUT2D eigenvalue weighted by atomic mass is 9.86. The molecular weight excluding hydrogens is 729 g/mol. The summed E-state index contributed by atoms with van der Waals surface area (Å²) in [5.41, 5.74) is 9.13. The summed E-state index contributed by atoms with van der Waals surface area (Å²) in [5.74, 6) is 2.97. The molecule has 0 saturated heterocycles. The average Bonchev–Trinajstić information content (AvgIpc) is 3.99. The van der Waals surface area contributed by atoms with E-state index < -0.39 is 0 Å². The van der Waals surface area contributed by atoms with Gasteiger partial charge in [0, 0.05) is 96.1 Å². The summed E-state index contributed by atoms with van der Waals surface area (Å²) in [6.45, 7) is 10.1. The molecule has 6 aromatic heterocycles. The molecule has 6 heterocycles. The van der Waals surface area contributed by atoms with Gasteiger partial charge in [0.05, 0.1) is 47.9 Å². The lowest BCUT2D eigenvalue weighted by molar-refractivity contribution is 0.181. The van der Waals surface area contributed by atoms with Gasteiger partial charge in [-0.05, 0) is 89.5 Å². The predicted octanol–water partition coefficient (Wildman–Crippen LogP) is 9.29. The number of aromatic amines is 2. The normalized spacial score (nSPS) is 14.8. The van der Waals surface area contributed by atoms with Crippen molar-refractivity contribution < 1.29 is 9.47 Å². The molecular formula is C46H52N8O4. The predicted molar refractivity (Wildman–Crippen MR) is 231 cm³/mol. The number of rotatable bonds is 10. The highest BCUT2D eigenvalue weighted by Crippen LogP contribution is 2.40. The van der Waals surface area contributed by atoms with Crippen LogP contribution < -0.4 is 20.6 Å². The minimum Gasteiger partial charge on any atom is -0.493 e. The SMILES string of the molecule is CC(C)n1cnc2cc(-c3cn(C)c(=O)c4[nH]ccc34)c(OCC3CCC3)cc21.CC(C)n1cnc2cc(OCC3CCC3)c(-c3cn(C)c(=O)c4[nH]ccc34)cc21. The molecule has 2 fully saturated rings. The Morgan fingerprint density at radius 1 is 0.638 bits per heavy atom. The average molecular weight is 781 g/mol. The van der Waals surface area contributed by atoms with Gasteiger partial charge in [-0.1, -0.05) is 12.8 Å². The summed E-state index contributed by atoms with van der Waals surface area (Å²) in [7, 11) is 3.57. The van der Waals surface area contributed by atoms with E-state index in [1.54, 1.807) is 23.2 Å². The van der Waals surface area contributed by atoms with Gasteiger partial charge in [0.2, 0.25) is 0 Å². The molecule has 0 bridgehead atoms. The van der Waals surface area contributed by atoms with E-state index in [1.807, 2.05) is 55.6 Å². The van der Waals surface area contributed by atoms with Crippen LogP contribution in [0.25, 0.3) is 66.1 Å². The second kappa shape index (κ2) is 15.0. The summed E-state index contributed by atoms with van der Waals surface area (Å²) >= 11 is 0. The van der Waals surface area contributed by atoms with Crippen molar-refractivity contribution in [1.82, 2.24) is 38.2 Å². The molecule has 2 saturated carbocycles. The van der Waals surface area contributed by atoms with Crippen molar-refractivity contribution in [3.05, 3.63) is 94.5 Å². The van der Waals surface area contributed by atoms with Gasteiger partial charge in [0.25, 0.3) is 11.1 Å². The molecule has 0 unspecified atom stereocenters. The Balaban J connectivity index is 0.000000150. The van der Waals surface area contributed by atoms with E-state index in [2.05, 4.69) is 75.0 Å². The number of hydrogen-bond donors (Lipinski definition) is 2. The van der Waals surface area contributed by atoms with Gasteiger partial charge in [-0.3, -0.25) is 9.59 Å². The van der Waals surface area contributed by atoms with Crippen LogP contribution in [0, 0.1) is 11.8 Å². The Hall–Kier alpha value is -6.04. The van der Waals surface area contributed by atoms with Gasteiger partial charge in [0.15, 0.2) is 0 Å². The van der Waals surface area contributed by atoms with Gasteiger partial charge in [0.1, 0.15) is 22.5 Å². The Kier molecular flexibility index (Phi) is 9.73. The molecule has 58 heavy (non-hydrogen) atoms. The zero-order chi connectivity index (χ0) is 40.2. The molecule has 12 heteroatoms. The highest BCUT2D eigenvalue weighted by molar-refractivity contribution is 5.99. The van der Waals surface area contributed by atoms with E-state index >= 15 is 0 Å². The number of aromatic nitrogens is 8. The van der Waals surface area contributed by atoms with E-state index in [-0.39, 0.29) is 11.1 Å². The summed E-state index contributed by atoms with van der Waals surface area (Å²) in [6.07, 6.45) is 18.8. The van der Waals surface area contributed by atoms with Gasteiger partial charge in [-0.25, -0.2) is 9.97 Å². The maximum absolute atomic E-state index is 12.5. The molecule has 12 nitrogen and oxygen atoms in total. The number of benzene rings is 2. The second-order valence-electron chi connectivity index (χ2n) is 16.8. The molecule has 2 N–H and O–H groups in total. The third-order valence-electron chi connectivity index (χ3n) is 12.2. The summed E-state index contributed by atoms with van der Waals surface area (Å²) < 4.78 is 20.3. The Morgan fingerprint density at radius 2 is 1.09 bits per heavy atom. The van der Waals surface area contributed by atoms with E-state index in [0.717, 1.165) is 79.8 Å². The lowest BCUT2D eigenvalue weighted by Crippen LogP contribution is -2.19. The van der Waals surface area contributed by atoms with Crippen LogP contribution in [-0.2, 0) is 14.1 Å². The number of aryl methyl sites for hydroxylation is 2. The number of imidazole rings is 2. The lowest BCUT2D eigenvalue weighted by Gasteiger charge is -2.26. The first-order chi connectivity index (χ1) is 28.0. The van der Waals surface area contributed by atoms with Crippen molar-refractivity contribution >= 4 is 43.9 Å². The molecule has 0 aliphatic heterocycles. The zero-order valence-electron chi connectivity index (χ0n) is 34.2. The second-order valence-corrected chi connectivity index (χ2v) is 16.8. The molecule has 10 rings (SSSR count). The molecule has 8 aromatic rings.